The van der Waals surface area contributed by atoms with E-state index in [9.17, 15) is 18.0 Å². The second-order valence-electron chi connectivity index (χ2n) is 10.2. The summed E-state index contributed by atoms with van der Waals surface area (Å²) in [5, 5.41) is 5.48. The summed E-state index contributed by atoms with van der Waals surface area (Å²) in [7, 11) is -2.11. The number of pyridine rings is 1. The van der Waals surface area contributed by atoms with E-state index < -0.39 is 10.0 Å². The van der Waals surface area contributed by atoms with Crippen LogP contribution in [0.25, 0.3) is 21.7 Å². The van der Waals surface area contributed by atoms with Gasteiger partial charge in [0.15, 0.2) is 0 Å². The van der Waals surface area contributed by atoms with E-state index >= 15 is 0 Å². The zero-order valence-corrected chi connectivity index (χ0v) is 23.0. The van der Waals surface area contributed by atoms with Gasteiger partial charge >= 0.3 is 0 Å². The van der Waals surface area contributed by atoms with Gasteiger partial charge in [-0.05, 0) is 49.6 Å². The minimum atomic E-state index is -3.75. The van der Waals surface area contributed by atoms with E-state index in [1.54, 1.807) is 36.4 Å². The average Bonchev–Trinajstić information content (AvgIpc) is 3.26. The van der Waals surface area contributed by atoms with Crippen molar-refractivity contribution in [3.63, 3.8) is 0 Å². The first kappa shape index (κ1) is 26.4. The lowest BCUT2D eigenvalue weighted by Crippen LogP contribution is -2.41. The van der Waals surface area contributed by atoms with Gasteiger partial charge in [-0.1, -0.05) is 30.3 Å². The van der Waals surface area contributed by atoms with Gasteiger partial charge in [0.05, 0.1) is 11.2 Å². The number of nitrogens with zero attached hydrogens (tertiary/aromatic N) is 3. The first-order chi connectivity index (χ1) is 19.4. The van der Waals surface area contributed by atoms with Crippen molar-refractivity contribution >= 4 is 54.9 Å². The van der Waals surface area contributed by atoms with Crippen LogP contribution in [-0.2, 0) is 19.6 Å². The zero-order chi connectivity index (χ0) is 27.9. The molecular weight excluding hydrogens is 528 g/mol. The third-order valence-electron chi connectivity index (χ3n) is 7.81. The molecular formula is C30H30N4O5S. The smallest absolute Gasteiger partial charge is 0.258 e. The van der Waals surface area contributed by atoms with E-state index in [1.807, 2.05) is 42.5 Å². The van der Waals surface area contributed by atoms with E-state index in [0.717, 1.165) is 28.3 Å². The summed E-state index contributed by atoms with van der Waals surface area (Å²) in [6.07, 6.45) is 3.14. The SMILES string of the molecule is COCCCN1C(=O)c2cccc3c(NC(=O)C4CCN(S(=O)(=O)c5cccc6cccnc56)CC4)ccc1c23. The topological polar surface area (TPSA) is 109 Å². The molecule has 1 N–H and O–H groups in total. The molecule has 2 aliphatic rings. The quantitative estimate of drug-likeness (QED) is 0.321. The Kier molecular flexibility index (Phi) is 6.99. The molecule has 2 aliphatic heterocycles. The second kappa shape index (κ2) is 10.6. The number of ether oxygens (including phenoxy) is 1. The Bertz CT molecular complexity index is 1730. The number of sulfonamides is 1. The number of fused-ring (bicyclic) bond motifs is 1. The summed E-state index contributed by atoms with van der Waals surface area (Å²) in [6, 6.07) is 18.1. The van der Waals surface area contributed by atoms with Crippen LogP contribution < -0.4 is 10.2 Å². The molecule has 0 radical (unpaired) electrons. The standard InChI is InChI=1S/C30H30N4O5S/c1-39-19-5-16-34-25-12-11-24(22-8-3-9-23(27(22)25)30(34)36)32-29(35)21-13-17-33(18-14-21)40(37,38)26-10-2-6-20-7-4-15-31-28(20)26/h2-4,6-12,15,21H,5,13-14,16-19H2,1H3,(H,32,35). The van der Waals surface area contributed by atoms with Crippen LogP contribution in [0.4, 0.5) is 11.4 Å². The van der Waals surface area contributed by atoms with Crippen molar-refractivity contribution < 1.29 is 22.7 Å². The number of hydrogen-bond donors (Lipinski definition) is 1. The van der Waals surface area contributed by atoms with Crippen molar-refractivity contribution in [1.29, 1.82) is 0 Å². The van der Waals surface area contributed by atoms with Crippen LogP contribution in [0.5, 0.6) is 0 Å². The van der Waals surface area contributed by atoms with Gasteiger partial charge in [-0.3, -0.25) is 14.6 Å². The van der Waals surface area contributed by atoms with Crippen molar-refractivity contribution in [3.05, 3.63) is 72.4 Å². The van der Waals surface area contributed by atoms with Gasteiger partial charge in [0.1, 0.15) is 4.90 Å². The van der Waals surface area contributed by atoms with E-state index in [-0.39, 0.29) is 35.7 Å². The van der Waals surface area contributed by atoms with Crippen LogP contribution in [0.1, 0.15) is 29.6 Å². The van der Waals surface area contributed by atoms with Crippen molar-refractivity contribution in [3.8, 4) is 0 Å². The summed E-state index contributed by atoms with van der Waals surface area (Å²) in [5.74, 6) is -0.520. The molecule has 206 valence electrons. The maximum absolute atomic E-state index is 13.5. The van der Waals surface area contributed by atoms with Gasteiger partial charge in [0, 0.05) is 72.9 Å². The van der Waals surface area contributed by atoms with Gasteiger partial charge in [-0.2, -0.15) is 4.31 Å². The van der Waals surface area contributed by atoms with Gasteiger partial charge in [0.2, 0.25) is 15.9 Å². The number of nitrogens with one attached hydrogen (secondary N) is 1. The number of amides is 2. The van der Waals surface area contributed by atoms with Crippen LogP contribution in [0.15, 0.2) is 71.8 Å². The van der Waals surface area contributed by atoms with E-state index in [2.05, 4.69) is 10.3 Å². The molecule has 0 bridgehead atoms. The Morgan fingerprint density at radius 3 is 2.62 bits per heavy atom. The first-order valence-corrected chi connectivity index (χ1v) is 14.9. The predicted molar refractivity (Wildman–Crippen MR) is 154 cm³/mol. The predicted octanol–water partition coefficient (Wildman–Crippen LogP) is 4.42. The van der Waals surface area contributed by atoms with Crippen LogP contribution >= 0.6 is 0 Å². The molecule has 0 unspecified atom stereocenters. The lowest BCUT2D eigenvalue weighted by molar-refractivity contribution is -0.120. The van der Waals surface area contributed by atoms with Crippen LogP contribution in [0.3, 0.4) is 0 Å². The van der Waals surface area contributed by atoms with Crippen molar-refractivity contribution in [2.45, 2.75) is 24.2 Å². The number of hydrogen-bond acceptors (Lipinski definition) is 6. The summed E-state index contributed by atoms with van der Waals surface area (Å²) >= 11 is 0. The number of methoxy groups -OCH3 is 1. The highest BCUT2D eigenvalue weighted by Gasteiger charge is 2.34. The number of carbonyl (C=O) groups excluding carboxylic acids is 2. The number of piperidine rings is 1. The third-order valence-corrected chi connectivity index (χ3v) is 9.74. The van der Waals surface area contributed by atoms with Crippen molar-refractivity contribution in [1.82, 2.24) is 9.29 Å². The van der Waals surface area contributed by atoms with E-state index in [1.165, 1.54) is 4.31 Å². The Morgan fingerprint density at radius 2 is 1.82 bits per heavy atom. The fraction of sp³-hybridized carbons (Fsp3) is 0.300. The monoisotopic (exact) mass is 558 g/mol. The average molecular weight is 559 g/mol. The molecule has 1 aromatic heterocycles. The lowest BCUT2D eigenvalue weighted by Gasteiger charge is -2.30. The maximum atomic E-state index is 13.5. The molecule has 2 amide bonds. The fourth-order valence-electron chi connectivity index (χ4n) is 5.76. The molecule has 0 spiro atoms. The lowest BCUT2D eigenvalue weighted by atomic mass is 9.96. The maximum Gasteiger partial charge on any atom is 0.258 e. The Labute approximate surface area is 232 Å². The molecule has 3 aromatic carbocycles. The Morgan fingerprint density at radius 1 is 1.05 bits per heavy atom. The Hall–Kier alpha value is -3.86. The molecule has 9 nitrogen and oxygen atoms in total. The van der Waals surface area contributed by atoms with Gasteiger partial charge < -0.3 is 15.0 Å². The minimum absolute atomic E-state index is 0.0462. The molecule has 1 fully saturated rings. The Balaban J connectivity index is 1.17. The molecule has 10 heteroatoms. The number of benzene rings is 3. The van der Waals surface area contributed by atoms with Crippen LogP contribution in [0, 0.1) is 5.92 Å². The van der Waals surface area contributed by atoms with Crippen LogP contribution in [-0.4, -0.2) is 62.9 Å². The normalized spacial score (nSPS) is 16.2. The number of anilines is 2. The van der Waals surface area contributed by atoms with E-state index in [0.29, 0.717) is 42.8 Å². The summed E-state index contributed by atoms with van der Waals surface area (Å²) in [4.78, 5) is 32.7. The molecule has 40 heavy (non-hydrogen) atoms. The third kappa shape index (κ3) is 4.51. The van der Waals surface area contributed by atoms with Gasteiger partial charge in [-0.15, -0.1) is 0 Å². The molecule has 4 aromatic rings. The number of carbonyl (C=O) groups is 2. The molecule has 3 heterocycles. The van der Waals surface area contributed by atoms with Crippen molar-refractivity contribution in [2.75, 3.05) is 43.6 Å². The molecule has 1 saturated heterocycles. The first-order valence-electron chi connectivity index (χ1n) is 13.4. The highest BCUT2D eigenvalue weighted by molar-refractivity contribution is 7.89. The number of aromatic nitrogens is 1. The summed E-state index contributed by atoms with van der Waals surface area (Å²) < 4.78 is 33.5. The minimum Gasteiger partial charge on any atom is -0.385 e. The second-order valence-corrected chi connectivity index (χ2v) is 12.1. The fourth-order valence-corrected chi connectivity index (χ4v) is 7.40. The summed E-state index contributed by atoms with van der Waals surface area (Å²) in [6.45, 7) is 1.62. The van der Waals surface area contributed by atoms with Gasteiger partial charge in [0.25, 0.3) is 5.91 Å². The summed E-state index contributed by atoms with van der Waals surface area (Å²) in [5.41, 5.74) is 2.57. The molecule has 0 saturated carbocycles. The van der Waals surface area contributed by atoms with Gasteiger partial charge in [-0.25, -0.2) is 8.42 Å². The van der Waals surface area contributed by atoms with Crippen LogP contribution in [0.2, 0.25) is 0 Å². The van der Waals surface area contributed by atoms with E-state index in [4.69, 9.17) is 4.74 Å². The highest BCUT2D eigenvalue weighted by atomic mass is 32.2. The zero-order valence-electron chi connectivity index (χ0n) is 22.2. The highest BCUT2D eigenvalue weighted by Crippen LogP contribution is 2.41. The molecule has 0 atom stereocenters. The molecule has 6 rings (SSSR count). The number of rotatable bonds is 8. The number of para-hydroxylation sites is 1. The molecule has 0 aliphatic carbocycles. The van der Waals surface area contributed by atoms with Crippen molar-refractivity contribution in [2.24, 2.45) is 5.92 Å². The largest absolute Gasteiger partial charge is 0.385 e.